The lowest BCUT2D eigenvalue weighted by Crippen LogP contribution is -2.20. The fraction of sp³-hybridized carbons (Fsp3) is 0.111. The largest absolute Gasteiger partial charge is 0.296 e. The van der Waals surface area contributed by atoms with Crippen molar-refractivity contribution in [3.05, 3.63) is 75.8 Å². The van der Waals surface area contributed by atoms with Crippen LogP contribution in [-0.2, 0) is 7.05 Å². The van der Waals surface area contributed by atoms with Crippen LogP contribution in [-0.4, -0.2) is 9.55 Å². The highest BCUT2D eigenvalue weighted by Crippen LogP contribution is 2.11. The van der Waals surface area contributed by atoms with Gasteiger partial charge in [-0.25, -0.2) is 4.98 Å². The van der Waals surface area contributed by atoms with E-state index < -0.39 is 0 Å². The van der Waals surface area contributed by atoms with Crippen molar-refractivity contribution in [1.29, 1.82) is 0 Å². The number of nitrogens with zero attached hydrogens (tertiary/aromatic N) is 2. The van der Waals surface area contributed by atoms with Crippen molar-refractivity contribution < 1.29 is 0 Å². The predicted octanol–water partition coefficient (Wildman–Crippen LogP) is 3.41. The van der Waals surface area contributed by atoms with Gasteiger partial charge in [0.15, 0.2) is 0 Å². The maximum Gasteiger partial charge on any atom is 0.261 e. The second-order valence-electron chi connectivity index (χ2n) is 5.10. The lowest BCUT2D eigenvalue weighted by molar-refractivity contribution is 0.828. The van der Waals surface area contributed by atoms with Crippen LogP contribution < -0.4 is 5.56 Å². The lowest BCUT2D eigenvalue weighted by Gasteiger charge is -2.05. The van der Waals surface area contributed by atoms with Gasteiger partial charge in [0.2, 0.25) is 0 Å². The summed E-state index contributed by atoms with van der Waals surface area (Å²) in [7, 11) is 1.75. The zero-order valence-corrected chi connectivity index (χ0v) is 12.1. The fourth-order valence-corrected chi connectivity index (χ4v) is 2.33. The molecule has 0 aliphatic heterocycles. The third-order valence-electron chi connectivity index (χ3n) is 3.48. The van der Waals surface area contributed by atoms with Crippen molar-refractivity contribution in [2.75, 3.05) is 0 Å². The van der Waals surface area contributed by atoms with Gasteiger partial charge in [-0.3, -0.25) is 9.36 Å². The van der Waals surface area contributed by atoms with Crippen LogP contribution in [0.5, 0.6) is 0 Å². The number of aryl methyl sites for hydroxylation is 1. The first kappa shape index (κ1) is 13.3. The molecule has 104 valence electrons. The normalized spacial score (nSPS) is 11.3. The molecule has 1 heterocycles. The minimum Gasteiger partial charge on any atom is -0.296 e. The summed E-state index contributed by atoms with van der Waals surface area (Å²) in [6.45, 7) is 2.06. The molecule has 0 radical (unpaired) electrons. The molecular weight excluding hydrogens is 260 g/mol. The second kappa shape index (κ2) is 5.37. The summed E-state index contributed by atoms with van der Waals surface area (Å²) in [5, 5.41) is 0.646. The van der Waals surface area contributed by atoms with E-state index >= 15 is 0 Å². The molecule has 3 heteroatoms. The number of para-hydroxylation sites is 1. The summed E-state index contributed by atoms with van der Waals surface area (Å²) in [6, 6.07) is 15.6. The molecule has 1 aromatic heterocycles. The zero-order valence-electron chi connectivity index (χ0n) is 12.1. The number of aromatic nitrogens is 2. The van der Waals surface area contributed by atoms with Crippen molar-refractivity contribution in [2.45, 2.75) is 6.92 Å². The van der Waals surface area contributed by atoms with E-state index in [1.165, 1.54) is 5.56 Å². The van der Waals surface area contributed by atoms with Crippen molar-refractivity contribution >= 4 is 23.1 Å². The van der Waals surface area contributed by atoms with Gasteiger partial charge in [-0.2, -0.15) is 0 Å². The van der Waals surface area contributed by atoms with Crippen molar-refractivity contribution in [3.63, 3.8) is 0 Å². The Bertz CT molecular complexity index is 891. The highest BCUT2D eigenvalue weighted by Gasteiger charge is 2.04. The molecule has 0 saturated carbocycles. The minimum absolute atomic E-state index is 0.0236. The quantitative estimate of drug-likeness (QED) is 0.719. The number of fused-ring (bicyclic) bond motifs is 1. The highest BCUT2D eigenvalue weighted by atomic mass is 16.1. The standard InChI is InChI=1S/C18H16N2O/c1-13-6-5-7-14(12-13)10-11-17-19-16-9-4-3-8-15(16)18(21)20(17)2/h3-12H,1-2H3. The molecule has 0 spiro atoms. The summed E-state index contributed by atoms with van der Waals surface area (Å²) in [4.78, 5) is 16.9. The van der Waals surface area contributed by atoms with Crippen LogP contribution >= 0.6 is 0 Å². The number of benzene rings is 2. The maximum atomic E-state index is 12.3. The molecule has 21 heavy (non-hydrogen) atoms. The van der Waals surface area contributed by atoms with E-state index in [2.05, 4.69) is 24.0 Å². The first-order chi connectivity index (χ1) is 10.1. The summed E-state index contributed by atoms with van der Waals surface area (Å²) < 4.78 is 1.58. The molecular formula is C18H16N2O. The predicted molar refractivity (Wildman–Crippen MR) is 87.1 cm³/mol. The maximum absolute atomic E-state index is 12.3. The van der Waals surface area contributed by atoms with Gasteiger partial charge in [0, 0.05) is 7.05 Å². The summed E-state index contributed by atoms with van der Waals surface area (Å²) in [5.41, 5.74) is 3.00. The van der Waals surface area contributed by atoms with Crippen LogP contribution in [0.2, 0.25) is 0 Å². The van der Waals surface area contributed by atoms with Gasteiger partial charge in [-0.1, -0.05) is 48.0 Å². The average Bonchev–Trinajstić information content (AvgIpc) is 2.50. The van der Waals surface area contributed by atoms with Crippen LogP contribution in [0, 0.1) is 6.92 Å². The Morgan fingerprint density at radius 2 is 1.86 bits per heavy atom. The van der Waals surface area contributed by atoms with E-state index in [1.807, 2.05) is 42.5 Å². The molecule has 0 fully saturated rings. The molecule has 0 atom stereocenters. The van der Waals surface area contributed by atoms with Gasteiger partial charge >= 0.3 is 0 Å². The van der Waals surface area contributed by atoms with Crippen molar-refractivity contribution in [1.82, 2.24) is 9.55 Å². The Kier molecular flexibility index (Phi) is 3.40. The van der Waals surface area contributed by atoms with Gasteiger partial charge in [-0.05, 0) is 30.7 Å². The van der Waals surface area contributed by atoms with E-state index in [9.17, 15) is 4.79 Å². The molecule has 3 rings (SSSR count). The minimum atomic E-state index is -0.0236. The van der Waals surface area contributed by atoms with Crippen molar-refractivity contribution in [3.8, 4) is 0 Å². The van der Waals surface area contributed by atoms with Crippen molar-refractivity contribution in [2.24, 2.45) is 7.05 Å². The molecule has 3 aromatic rings. The number of rotatable bonds is 2. The van der Waals surface area contributed by atoms with E-state index in [4.69, 9.17) is 0 Å². The molecule has 0 N–H and O–H groups in total. The van der Waals surface area contributed by atoms with Crippen LogP contribution in [0.4, 0.5) is 0 Å². The van der Waals surface area contributed by atoms with Gasteiger partial charge in [0.05, 0.1) is 10.9 Å². The second-order valence-corrected chi connectivity index (χ2v) is 5.10. The van der Waals surface area contributed by atoms with Crippen LogP contribution in [0.3, 0.4) is 0 Å². The Morgan fingerprint density at radius 3 is 2.67 bits per heavy atom. The van der Waals surface area contributed by atoms with Gasteiger partial charge in [0.25, 0.3) is 5.56 Å². The summed E-state index contributed by atoms with van der Waals surface area (Å²) in [5.74, 6) is 0.653. The third-order valence-corrected chi connectivity index (χ3v) is 3.48. The van der Waals surface area contributed by atoms with Gasteiger partial charge < -0.3 is 0 Å². The zero-order chi connectivity index (χ0) is 14.8. The fourth-order valence-electron chi connectivity index (χ4n) is 2.33. The SMILES string of the molecule is Cc1cccc(C=Cc2nc3ccccc3c(=O)n2C)c1. The highest BCUT2D eigenvalue weighted by molar-refractivity contribution is 5.79. The Balaban J connectivity index is 2.09. The van der Waals surface area contributed by atoms with Crippen LogP contribution in [0.25, 0.3) is 23.1 Å². The Hall–Kier alpha value is -2.68. The monoisotopic (exact) mass is 276 g/mol. The first-order valence-corrected chi connectivity index (χ1v) is 6.86. The third kappa shape index (κ3) is 2.63. The van der Waals surface area contributed by atoms with Gasteiger partial charge in [-0.15, -0.1) is 0 Å². The molecule has 0 saturated heterocycles. The lowest BCUT2D eigenvalue weighted by atomic mass is 10.1. The first-order valence-electron chi connectivity index (χ1n) is 6.86. The molecule has 0 aliphatic rings. The molecule has 3 nitrogen and oxygen atoms in total. The Morgan fingerprint density at radius 1 is 1.05 bits per heavy atom. The Labute approximate surface area is 123 Å². The smallest absolute Gasteiger partial charge is 0.261 e. The summed E-state index contributed by atoms with van der Waals surface area (Å²) >= 11 is 0. The van der Waals surface area contributed by atoms with E-state index in [1.54, 1.807) is 17.7 Å². The number of hydrogen-bond donors (Lipinski definition) is 0. The van der Waals surface area contributed by atoms with E-state index in [-0.39, 0.29) is 5.56 Å². The molecule has 0 unspecified atom stereocenters. The van der Waals surface area contributed by atoms with Crippen LogP contribution in [0.15, 0.2) is 53.3 Å². The van der Waals surface area contributed by atoms with E-state index in [0.29, 0.717) is 11.2 Å². The molecule has 0 bridgehead atoms. The average molecular weight is 276 g/mol. The molecule has 0 amide bonds. The number of hydrogen-bond acceptors (Lipinski definition) is 2. The molecule has 2 aromatic carbocycles. The topological polar surface area (TPSA) is 34.9 Å². The van der Waals surface area contributed by atoms with E-state index in [0.717, 1.165) is 11.1 Å². The molecule has 0 aliphatic carbocycles. The van der Waals surface area contributed by atoms with Crippen LogP contribution in [0.1, 0.15) is 17.0 Å². The van der Waals surface area contributed by atoms with Gasteiger partial charge in [0.1, 0.15) is 5.82 Å². The summed E-state index contributed by atoms with van der Waals surface area (Å²) in [6.07, 6.45) is 3.85.